The number of carbonyl (C=O) groups is 2. The van der Waals surface area contributed by atoms with E-state index >= 15 is 0 Å². The molecule has 0 amide bonds. The van der Waals surface area contributed by atoms with Gasteiger partial charge >= 0.3 is 11.9 Å². The van der Waals surface area contributed by atoms with Crippen LogP contribution in [0.3, 0.4) is 0 Å². The molecule has 0 unspecified atom stereocenters. The fourth-order valence-corrected chi connectivity index (χ4v) is 3.52. The molecule has 2 heterocycles. The Bertz CT molecular complexity index is 1030. The van der Waals surface area contributed by atoms with Gasteiger partial charge in [0.2, 0.25) is 5.75 Å². The predicted molar refractivity (Wildman–Crippen MR) is 105 cm³/mol. The van der Waals surface area contributed by atoms with Gasteiger partial charge < -0.3 is 28.4 Å². The van der Waals surface area contributed by atoms with Crippen LogP contribution in [-0.4, -0.2) is 46.5 Å². The largest absolute Gasteiger partial charge is 0.493 e. The number of carbonyl (C=O) groups excluding carboxylic acids is 2. The number of cyclic esters (lactones) is 2. The van der Waals surface area contributed by atoms with E-state index in [0.717, 1.165) is 0 Å². The summed E-state index contributed by atoms with van der Waals surface area (Å²) in [5, 5.41) is 0. The van der Waals surface area contributed by atoms with Crippen molar-refractivity contribution in [3.63, 3.8) is 0 Å². The SMILES string of the molecule is COc1cc(CC2=C(c3ccc4c(c3)OCCO4)C(=O)OC2=O)cc(OC)c1OC. The van der Waals surface area contributed by atoms with Gasteiger partial charge in [-0.25, -0.2) is 9.59 Å². The summed E-state index contributed by atoms with van der Waals surface area (Å²) in [6.45, 7) is 0.874. The molecule has 0 saturated carbocycles. The molecule has 8 nitrogen and oxygen atoms in total. The number of ether oxygens (including phenoxy) is 6. The minimum atomic E-state index is -0.695. The second kappa shape index (κ2) is 7.98. The fourth-order valence-electron chi connectivity index (χ4n) is 3.52. The molecule has 0 radical (unpaired) electrons. The molecular weight excluding hydrogens is 392 g/mol. The lowest BCUT2D eigenvalue weighted by Crippen LogP contribution is -2.15. The first kappa shape index (κ1) is 19.6. The molecule has 0 saturated heterocycles. The van der Waals surface area contributed by atoms with Crippen LogP contribution in [0.1, 0.15) is 11.1 Å². The third-order valence-electron chi connectivity index (χ3n) is 4.87. The van der Waals surface area contributed by atoms with Crippen molar-refractivity contribution in [2.24, 2.45) is 0 Å². The van der Waals surface area contributed by atoms with Gasteiger partial charge in [0.15, 0.2) is 23.0 Å². The molecule has 0 aliphatic carbocycles. The van der Waals surface area contributed by atoms with Crippen molar-refractivity contribution in [2.45, 2.75) is 6.42 Å². The Morgan fingerprint density at radius 1 is 0.833 bits per heavy atom. The first-order valence-electron chi connectivity index (χ1n) is 9.24. The normalized spacial score (nSPS) is 15.2. The van der Waals surface area contributed by atoms with Crippen LogP contribution in [0.2, 0.25) is 0 Å². The van der Waals surface area contributed by atoms with Crippen LogP contribution >= 0.6 is 0 Å². The summed E-state index contributed by atoms with van der Waals surface area (Å²) < 4.78 is 32.1. The number of hydrogen-bond donors (Lipinski definition) is 0. The second-order valence-corrected chi connectivity index (χ2v) is 6.60. The number of hydrogen-bond acceptors (Lipinski definition) is 8. The van der Waals surface area contributed by atoms with E-state index < -0.39 is 11.9 Å². The number of benzene rings is 2. The summed E-state index contributed by atoms with van der Waals surface area (Å²) in [4.78, 5) is 24.9. The van der Waals surface area contributed by atoms with Crippen molar-refractivity contribution < 1.29 is 38.0 Å². The summed E-state index contributed by atoms with van der Waals surface area (Å²) in [7, 11) is 4.53. The van der Waals surface area contributed by atoms with Gasteiger partial charge in [-0.1, -0.05) is 6.07 Å². The van der Waals surface area contributed by atoms with Gasteiger partial charge in [-0.2, -0.15) is 0 Å². The van der Waals surface area contributed by atoms with Crippen LogP contribution in [0.25, 0.3) is 5.57 Å². The average molecular weight is 412 g/mol. The Balaban J connectivity index is 1.77. The standard InChI is InChI=1S/C22H20O8/c1-25-17-9-12(10-18(26-2)20(17)27-3)8-14-19(22(24)30-21(14)23)13-4-5-15-16(11-13)29-7-6-28-15/h4-5,9-11H,6-8H2,1-3H3. The van der Waals surface area contributed by atoms with Crippen LogP contribution in [0.4, 0.5) is 0 Å². The number of esters is 2. The highest BCUT2D eigenvalue weighted by Crippen LogP contribution is 2.40. The average Bonchev–Trinajstić information content (AvgIpc) is 3.05. The maximum atomic E-state index is 12.5. The summed E-state index contributed by atoms with van der Waals surface area (Å²) >= 11 is 0. The molecule has 0 bridgehead atoms. The Hall–Kier alpha value is -3.68. The van der Waals surface area contributed by atoms with Gasteiger partial charge in [0.25, 0.3) is 0 Å². The van der Waals surface area contributed by atoms with E-state index in [-0.39, 0.29) is 17.6 Å². The van der Waals surface area contributed by atoms with Gasteiger partial charge in [-0.3, -0.25) is 0 Å². The van der Waals surface area contributed by atoms with Crippen molar-refractivity contribution in [1.29, 1.82) is 0 Å². The van der Waals surface area contributed by atoms with Crippen LogP contribution in [0, 0.1) is 0 Å². The fraction of sp³-hybridized carbons (Fsp3) is 0.273. The minimum absolute atomic E-state index is 0.144. The van der Waals surface area contributed by atoms with E-state index in [1.807, 2.05) is 0 Å². The zero-order valence-electron chi connectivity index (χ0n) is 16.8. The molecule has 0 atom stereocenters. The molecular formula is C22H20O8. The monoisotopic (exact) mass is 412 g/mol. The molecule has 0 aromatic heterocycles. The molecule has 2 aliphatic heterocycles. The minimum Gasteiger partial charge on any atom is -0.493 e. The molecule has 2 aliphatic rings. The zero-order chi connectivity index (χ0) is 21.3. The topological polar surface area (TPSA) is 89.5 Å². The third-order valence-corrected chi connectivity index (χ3v) is 4.87. The predicted octanol–water partition coefficient (Wildman–Crippen LogP) is 2.56. The maximum Gasteiger partial charge on any atom is 0.347 e. The number of rotatable bonds is 6. The van der Waals surface area contributed by atoms with Crippen LogP contribution in [0.5, 0.6) is 28.7 Å². The first-order chi connectivity index (χ1) is 14.5. The highest BCUT2D eigenvalue weighted by atomic mass is 16.6. The van der Waals surface area contributed by atoms with E-state index in [0.29, 0.717) is 53.1 Å². The first-order valence-corrected chi connectivity index (χ1v) is 9.24. The summed E-state index contributed by atoms with van der Waals surface area (Å²) in [6, 6.07) is 8.55. The van der Waals surface area contributed by atoms with Crippen molar-refractivity contribution in [3.8, 4) is 28.7 Å². The van der Waals surface area contributed by atoms with Crippen molar-refractivity contribution in [1.82, 2.24) is 0 Å². The summed E-state index contributed by atoms with van der Waals surface area (Å²) in [6.07, 6.45) is 0.144. The molecule has 0 fully saturated rings. The lowest BCUT2D eigenvalue weighted by molar-refractivity contribution is -0.150. The van der Waals surface area contributed by atoms with Crippen LogP contribution in [0.15, 0.2) is 35.9 Å². The van der Waals surface area contributed by atoms with Gasteiger partial charge in [0.1, 0.15) is 13.2 Å². The number of methoxy groups -OCH3 is 3. The van der Waals surface area contributed by atoms with Gasteiger partial charge in [-0.05, 0) is 35.4 Å². The van der Waals surface area contributed by atoms with E-state index in [9.17, 15) is 9.59 Å². The van der Waals surface area contributed by atoms with E-state index in [1.165, 1.54) is 21.3 Å². The third kappa shape index (κ3) is 3.41. The van der Waals surface area contributed by atoms with Gasteiger partial charge in [0.05, 0.1) is 32.5 Å². The highest BCUT2D eigenvalue weighted by Gasteiger charge is 2.34. The van der Waals surface area contributed by atoms with E-state index in [2.05, 4.69) is 0 Å². The summed E-state index contributed by atoms with van der Waals surface area (Å²) in [5.74, 6) is 1.07. The number of fused-ring (bicyclic) bond motifs is 1. The molecule has 0 N–H and O–H groups in total. The molecule has 156 valence electrons. The Morgan fingerprint density at radius 2 is 1.50 bits per heavy atom. The molecule has 8 heteroatoms. The highest BCUT2D eigenvalue weighted by molar-refractivity contribution is 6.31. The van der Waals surface area contributed by atoms with Crippen LogP contribution < -0.4 is 23.7 Å². The van der Waals surface area contributed by atoms with E-state index in [1.54, 1.807) is 30.3 Å². The molecule has 30 heavy (non-hydrogen) atoms. The van der Waals surface area contributed by atoms with Crippen molar-refractivity contribution in [2.75, 3.05) is 34.5 Å². The molecule has 0 spiro atoms. The molecule has 4 rings (SSSR count). The van der Waals surface area contributed by atoms with E-state index in [4.69, 9.17) is 28.4 Å². The van der Waals surface area contributed by atoms with Crippen molar-refractivity contribution >= 4 is 17.5 Å². The van der Waals surface area contributed by atoms with Gasteiger partial charge in [0, 0.05) is 6.42 Å². The summed E-state index contributed by atoms with van der Waals surface area (Å²) in [5.41, 5.74) is 1.66. The van der Waals surface area contributed by atoms with Gasteiger partial charge in [-0.15, -0.1) is 0 Å². The quantitative estimate of drug-likeness (QED) is 0.528. The van der Waals surface area contributed by atoms with Crippen molar-refractivity contribution in [3.05, 3.63) is 47.0 Å². The second-order valence-electron chi connectivity index (χ2n) is 6.60. The van der Waals surface area contributed by atoms with Crippen LogP contribution in [-0.2, 0) is 20.7 Å². The molecule has 2 aromatic carbocycles. The maximum absolute atomic E-state index is 12.5. The molecule has 2 aromatic rings. The Morgan fingerprint density at radius 3 is 2.13 bits per heavy atom. The lowest BCUT2D eigenvalue weighted by atomic mass is 9.96. The smallest absolute Gasteiger partial charge is 0.347 e. The zero-order valence-corrected chi connectivity index (χ0v) is 16.8. The Kier molecular flexibility index (Phi) is 5.22. The Labute approximate surface area is 172 Å². The lowest BCUT2D eigenvalue weighted by Gasteiger charge is -2.19.